The summed E-state index contributed by atoms with van der Waals surface area (Å²) in [6.07, 6.45) is 2.52. The summed E-state index contributed by atoms with van der Waals surface area (Å²) in [5.41, 5.74) is 8.86. The lowest BCUT2D eigenvalue weighted by Crippen LogP contribution is -2.37. The first kappa shape index (κ1) is 30.4. The van der Waals surface area contributed by atoms with E-state index in [1.807, 2.05) is 30.3 Å². The van der Waals surface area contributed by atoms with Crippen LogP contribution in [0.5, 0.6) is 11.5 Å². The number of phenols is 1. The van der Waals surface area contributed by atoms with Crippen molar-refractivity contribution in [1.29, 1.82) is 0 Å². The van der Waals surface area contributed by atoms with E-state index in [4.69, 9.17) is 15.3 Å². The Kier molecular flexibility index (Phi) is 11.8. The van der Waals surface area contributed by atoms with Crippen molar-refractivity contribution < 1.29 is 34.5 Å². The number of amides is 2. The van der Waals surface area contributed by atoms with Crippen molar-refractivity contribution in [3.05, 3.63) is 89.0 Å². The number of carbonyl (C=O) groups is 2. The predicted octanol–water partition coefficient (Wildman–Crippen LogP) is 3.52. The third-order valence-corrected chi connectivity index (χ3v) is 6.20. The number of aromatic hydroxyl groups is 1. The van der Waals surface area contributed by atoms with Crippen molar-refractivity contribution in [2.45, 2.75) is 45.3 Å². The lowest BCUT2D eigenvalue weighted by Gasteiger charge is -2.18. The third-order valence-electron chi connectivity index (χ3n) is 6.20. The fourth-order valence-electron chi connectivity index (χ4n) is 4.09. The molecule has 0 radical (unpaired) electrons. The van der Waals surface area contributed by atoms with Crippen LogP contribution < -0.4 is 20.9 Å². The molecule has 0 aliphatic carbocycles. The fraction of sp³-hybridized carbons (Fsp3) is 0.333. The minimum atomic E-state index is -0.870. The number of aliphatic hydroxyl groups is 2. The Bertz CT molecular complexity index is 1250. The number of nitrogens with one attached hydrogen (secondary N) is 1. The molecule has 2 amide bonds. The molecule has 0 spiro atoms. The molecule has 1 atom stereocenters. The molecular weight excluding hydrogens is 514 g/mol. The zero-order valence-electron chi connectivity index (χ0n) is 22.6. The van der Waals surface area contributed by atoms with Crippen LogP contribution in [0.3, 0.4) is 0 Å². The Morgan fingerprint density at radius 3 is 2.48 bits per heavy atom. The normalized spacial score (nSPS) is 11.6. The summed E-state index contributed by atoms with van der Waals surface area (Å²) in [5.74, 6) is 0.171. The second-order valence-corrected chi connectivity index (χ2v) is 9.35. The van der Waals surface area contributed by atoms with Crippen LogP contribution in [0.4, 0.5) is 10.5 Å². The van der Waals surface area contributed by atoms with Crippen molar-refractivity contribution in [2.75, 3.05) is 24.8 Å². The number of unbranched alkanes of at least 4 members (excludes halogenated alkanes) is 1. The van der Waals surface area contributed by atoms with Gasteiger partial charge < -0.3 is 35.9 Å². The molecule has 0 saturated heterocycles. The van der Waals surface area contributed by atoms with E-state index in [-0.39, 0.29) is 12.4 Å². The number of urea groups is 1. The highest BCUT2D eigenvalue weighted by Gasteiger charge is 2.16. The first-order valence-corrected chi connectivity index (χ1v) is 13.2. The number of hydroxylamine groups is 1. The quantitative estimate of drug-likeness (QED) is 0.151. The zero-order chi connectivity index (χ0) is 28.9. The van der Waals surface area contributed by atoms with Gasteiger partial charge in [0.05, 0.1) is 25.0 Å². The van der Waals surface area contributed by atoms with Gasteiger partial charge in [-0.3, -0.25) is 0 Å². The van der Waals surface area contributed by atoms with Crippen LogP contribution in [0.25, 0.3) is 0 Å². The number of carbonyl (C=O) groups excluding carboxylic acids is 2. The largest absolute Gasteiger partial charge is 0.508 e. The number of aliphatic hydroxyl groups excluding tert-OH is 2. The van der Waals surface area contributed by atoms with Crippen LogP contribution >= 0.6 is 0 Å². The second kappa shape index (κ2) is 15.5. The standard InChI is InChI=1S/C30H37N3O7/c1-21(35)40-33(30(31)38)26-7-4-6-23(17-26)5-2-3-16-39-27-11-8-22(9-12-27)14-15-32-19-29(37)24-10-13-28(36)25(18-24)20-34/h4,6-13,17-18,29,32,34,36-37H,2-3,5,14-16,19-20H2,1H3,(H2,31,38)/t29-/m1/s1. The maximum atomic E-state index is 11.6. The molecule has 0 aromatic heterocycles. The number of nitrogens with zero attached hydrogens (tertiary/aromatic N) is 1. The van der Waals surface area contributed by atoms with Crippen LogP contribution in [-0.4, -0.2) is 47.0 Å². The minimum Gasteiger partial charge on any atom is -0.508 e. The third kappa shape index (κ3) is 9.57. The summed E-state index contributed by atoms with van der Waals surface area (Å²) in [6.45, 7) is 2.52. The highest BCUT2D eigenvalue weighted by Crippen LogP contribution is 2.22. The molecular formula is C30H37N3O7. The van der Waals surface area contributed by atoms with Gasteiger partial charge in [0, 0.05) is 19.0 Å². The number of ether oxygens (including phenoxy) is 1. The van der Waals surface area contributed by atoms with Gasteiger partial charge >= 0.3 is 12.0 Å². The molecule has 0 saturated carbocycles. The van der Waals surface area contributed by atoms with Gasteiger partial charge in [-0.1, -0.05) is 30.3 Å². The molecule has 0 fully saturated rings. The van der Waals surface area contributed by atoms with Gasteiger partial charge in [-0.2, -0.15) is 0 Å². The highest BCUT2D eigenvalue weighted by molar-refractivity contribution is 5.90. The van der Waals surface area contributed by atoms with Gasteiger partial charge in [-0.25, -0.2) is 9.59 Å². The first-order chi connectivity index (χ1) is 19.3. The number of hydrogen-bond donors (Lipinski definition) is 5. The van der Waals surface area contributed by atoms with Gasteiger partial charge in [-0.05, 0) is 85.3 Å². The van der Waals surface area contributed by atoms with Crippen molar-refractivity contribution >= 4 is 17.7 Å². The Labute approximate surface area is 233 Å². The van der Waals surface area contributed by atoms with Gasteiger partial charge in [-0.15, -0.1) is 5.06 Å². The smallest absolute Gasteiger partial charge is 0.352 e. The van der Waals surface area contributed by atoms with E-state index in [1.54, 1.807) is 30.3 Å². The molecule has 10 nitrogen and oxygen atoms in total. The summed E-state index contributed by atoms with van der Waals surface area (Å²) in [5, 5.41) is 33.3. The molecule has 0 bridgehead atoms. The summed E-state index contributed by atoms with van der Waals surface area (Å²) < 4.78 is 5.86. The average Bonchev–Trinajstić information content (AvgIpc) is 2.94. The van der Waals surface area contributed by atoms with E-state index in [0.717, 1.165) is 47.6 Å². The van der Waals surface area contributed by atoms with Crippen LogP contribution in [-0.2, 0) is 29.1 Å². The molecule has 3 aromatic rings. The number of anilines is 1. The summed E-state index contributed by atoms with van der Waals surface area (Å²) >= 11 is 0. The molecule has 0 aliphatic rings. The molecule has 0 aliphatic heterocycles. The van der Waals surface area contributed by atoms with E-state index in [2.05, 4.69) is 5.32 Å². The summed E-state index contributed by atoms with van der Waals surface area (Å²) in [7, 11) is 0. The molecule has 214 valence electrons. The topological polar surface area (TPSA) is 155 Å². The lowest BCUT2D eigenvalue weighted by molar-refractivity contribution is -0.141. The zero-order valence-corrected chi connectivity index (χ0v) is 22.6. The molecule has 0 unspecified atom stereocenters. The number of nitrogens with two attached hydrogens (primary N) is 1. The van der Waals surface area contributed by atoms with Gasteiger partial charge in [0.1, 0.15) is 11.5 Å². The van der Waals surface area contributed by atoms with Crippen molar-refractivity contribution in [2.24, 2.45) is 5.73 Å². The maximum absolute atomic E-state index is 11.6. The van der Waals surface area contributed by atoms with Gasteiger partial charge in [0.2, 0.25) is 0 Å². The number of rotatable bonds is 14. The minimum absolute atomic E-state index is 0.0122. The number of hydrogen-bond acceptors (Lipinski definition) is 8. The van der Waals surface area contributed by atoms with Crippen LogP contribution in [0.2, 0.25) is 0 Å². The summed E-state index contributed by atoms with van der Waals surface area (Å²) in [4.78, 5) is 27.7. The molecule has 3 aromatic carbocycles. The van der Waals surface area contributed by atoms with E-state index in [0.29, 0.717) is 36.5 Å². The van der Waals surface area contributed by atoms with Crippen LogP contribution in [0.15, 0.2) is 66.7 Å². The van der Waals surface area contributed by atoms with E-state index in [1.165, 1.54) is 13.0 Å². The van der Waals surface area contributed by atoms with Gasteiger partial charge in [0.15, 0.2) is 0 Å². The number of aryl methyl sites for hydroxylation is 1. The Balaban J connectivity index is 1.34. The van der Waals surface area contributed by atoms with Crippen molar-refractivity contribution in [3.8, 4) is 11.5 Å². The predicted molar refractivity (Wildman–Crippen MR) is 151 cm³/mol. The highest BCUT2D eigenvalue weighted by atomic mass is 16.7. The molecule has 10 heteroatoms. The Morgan fingerprint density at radius 2 is 1.77 bits per heavy atom. The summed E-state index contributed by atoms with van der Waals surface area (Å²) in [6, 6.07) is 18.9. The first-order valence-electron chi connectivity index (χ1n) is 13.2. The Hall–Kier alpha value is -4.12. The van der Waals surface area contributed by atoms with Crippen LogP contribution in [0.1, 0.15) is 48.1 Å². The molecule has 6 N–H and O–H groups in total. The van der Waals surface area contributed by atoms with Crippen molar-refractivity contribution in [3.63, 3.8) is 0 Å². The molecule has 3 rings (SSSR count). The Morgan fingerprint density at radius 1 is 1.00 bits per heavy atom. The van der Waals surface area contributed by atoms with E-state index >= 15 is 0 Å². The molecule has 40 heavy (non-hydrogen) atoms. The van der Waals surface area contributed by atoms with E-state index in [9.17, 15) is 24.9 Å². The SMILES string of the molecule is CC(=O)ON(C(N)=O)c1cccc(CCCCOc2ccc(CCNC[C@@H](O)c3ccc(O)c(CO)c3)cc2)c1. The fourth-order valence-corrected chi connectivity index (χ4v) is 4.09. The second-order valence-electron chi connectivity index (χ2n) is 9.35. The van der Waals surface area contributed by atoms with E-state index < -0.39 is 18.1 Å². The lowest BCUT2D eigenvalue weighted by atomic mass is 10.1. The van der Waals surface area contributed by atoms with Crippen LogP contribution in [0, 0.1) is 0 Å². The molecule has 0 heterocycles. The average molecular weight is 552 g/mol. The van der Waals surface area contributed by atoms with Crippen molar-refractivity contribution in [1.82, 2.24) is 5.32 Å². The number of primary amides is 1. The number of benzene rings is 3. The van der Waals surface area contributed by atoms with Gasteiger partial charge in [0.25, 0.3) is 0 Å². The maximum Gasteiger partial charge on any atom is 0.352 e. The monoisotopic (exact) mass is 551 g/mol.